The summed E-state index contributed by atoms with van der Waals surface area (Å²) in [6, 6.07) is 1.52. The van der Waals surface area contributed by atoms with E-state index in [4.69, 9.17) is 18.8 Å². The van der Waals surface area contributed by atoms with E-state index in [1.807, 2.05) is 27.7 Å². The molecule has 0 atom stereocenters. The largest absolute Gasteiger partial charge is 0.501 e. The highest BCUT2D eigenvalue weighted by Gasteiger charge is 2.53. The quantitative estimate of drug-likeness (QED) is 0.776. The van der Waals surface area contributed by atoms with Crippen LogP contribution >= 0.6 is 15.9 Å². The number of hydrogen-bond donors (Lipinski definition) is 0. The van der Waals surface area contributed by atoms with Crippen LogP contribution < -0.4 is 14.9 Å². The van der Waals surface area contributed by atoms with Gasteiger partial charge in [-0.2, -0.15) is 0 Å². The summed E-state index contributed by atoms with van der Waals surface area (Å²) in [5.74, 6) is 0.207. The second-order valence-electron chi connectivity index (χ2n) is 5.91. The van der Waals surface area contributed by atoms with Gasteiger partial charge in [-0.05, 0) is 43.6 Å². The minimum atomic E-state index is -0.864. The summed E-state index contributed by atoms with van der Waals surface area (Å²) in [6.07, 6.45) is 0. The molecule has 0 bridgehead atoms. The lowest BCUT2D eigenvalue weighted by Crippen LogP contribution is -2.41. The van der Waals surface area contributed by atoms with Crippen LogP contribution in [0.15, 0.2) is 10.5 Å². The Morgan fingerprint density at radius 3 is 2.05 bits per heavy atom. The zero-order valence-corrected chi connectivity index (χ0v) is 14.6. The van der Waals surface area contributed by atoms with Crippen molar-refractivity contribution in [3.8, 4) is 11.5 Å². The normalized spacial score (nSPS) is 19.7. The second kappa shape index (κ2) is 5.45. The molecule has 1 aliphatic rings. The lowest BCUT2D eigenvalue weighted by Gasteiger charge is -2.32. The number of methoxy groups -OCH3 is 2. The van der Waals surface area contributed by atoms with Gasteiger partial charge in [0.05, 0.1) is 35.4 Å². The fraction of sp³-hybridized carbons (Fsp3) is 0.571. The van der Waals surface area contributed by atoms with Gasteiger partial charge >= 0.3 is 7.12 Å². The molecular formula is C14H19BBrFO4. The number of benzene rings is 1. The van der Waals surface area contributed by atoms with Crippen LogP contribution in [-0.4, -0.2) is 32.5 Å². The van der Waals surface area contributed by atoms with Crippen LogP contribution in [0.1, 0.15) is 27.7 Å². The first kappa shape index (κ1) is 16.6. The Labute approximate surface area is 133 Å². The Morgan fingerprint density at radius 2 is 1.62 bits per heavy atom. The third-order valence-electron chi connectivity index (χ3n) is 4.09. The molecule has 2 rings (SSSR count). The van der Waals surface area contributed by atoms with Crippen molar-refractivity contribution in [1.82, 2.24) is 0 Å². The number of rotatable bonds is 3. The van der Waals surface area contributed by atoms with Gasteiger partial charge in [-0.25, -0.2) is 4.39 Å². The molecule has 4 nitrogen and oxygen atoms in total. The monoisotopic (exact) mass is 360 g/mol. The molecule has 0 radical (unpaired) electrons. The summed E-state index contributed by atoms with van der Waals surface area (Å²) in [6.45, 7) is 7.64. The SMILES string of the molecule is COc1cc(Br)c(F)c(B2OC(C)(C)C(C)(C)O2)c1OC. The minimum absolute atomic E-state index is 0.197. The topological polar surface area (TPSA) is 36.9 Å². The van der Waals surface area contributed by atoms with Crippen molar-refractivity contribution in [3.63, 3.8) is 0 Å². The van der Waals surface area contributed by atoms with Gasteiger partial charge in [0.15, 0.2) is 11.5 Å². The lowest BCUT2D eigenvalue weighted by molar-refractivity contribution is 0.00578. The molecule has 21 heavy (non-hydrogen) atoms. The minimum Gasteiger partial charge on any atom is -0.493 e. The van der Waals surface area contributed by atoms with E-state index in [9.17, 15) is 4.39 Å². The maximum atomic E-state index is 14.6. The Bertz CT molecular complexity index is 546. The maximum absolute atomic E-state index is 14.6. The van der Waals surface area contributed by atoms with Crippen LogP contribution in [0, 0.1) is 5.82 Å². The molecule has 7 heteroatoms. The third-order valence-corrected chi connectivity index (χ3v) is 4.66. The average Bonchev–Trinajstić information content (AvgIpc) is 2.60. The van der Waals surface area contributed by atoms with Crippen LogP contribution in [-0.2, 0) is 9.31 Å². The van der Waals surface area contributed by atoms with E-state index in [0.717, 1.165) is 0 Å². The van der Waals surface area contributed by atoms with E-state index in [1.165, 1.54) is 20.3 Å². The first-order valence-electron chi connectivity index (χ1n) is 6.60. The van der Waals surface area contributed by atoms with Gasteiger partial charge in [0.25, 0.3) is 0 Å². The van der Waals surface area contributed by atoms with Gasteiger partial charge in [0, 0.05) is 6.07 Å². The van der Waals surface area contributed by atoms with Crippen molar-refractivity contribution < 1.29 is 23.2 Å². The van der Waals surface area contributed by atoms with Crippen LogP contribution in [0.25, 0.3) is 0 Å². The lowest BCUT2D eigenvalue weighted by atomic mass is 9.77. The van der Waals surface area contributed by atoms with E-state index in [2.05, 4.69) is 15.9 Å². The number of hydrogen-bond acceptors (Lipinski definition) is 4. The average molecular weight is 361 g/mol. The zero-order chi connectivity index (χ0) is 16.0. The van der Waals surface area contributed by atoms with Crippen LogP contribution in [0.5, 0.6) is 11.5 Å². The predicted molar refractivity (Wildman–Crippen MR) is 82.9 cm³/mol. The summed E-state index contributed by atoms with van der Waals surface area (Å²) in [5, 5.41) is 0. The number of ether oxygens (including phenoxy) is 2. The molecule has 0 spiro atoms. The van der Waals surface area contributed by atoms with Crippen LogP contribution in [0.3, 0.4) is 0 Å². The highest BCUT2D eigenvalue weighted by atomic mass is 79.9. The summed E-state index contributed by atoms with van der Waals surface area (Å²) in [5.41, 5.74) is -0.933. The van der Waals surface area contributed by atoms with Crippen molar-refractivity contribution in [2.45, 2.75) is 38.9 Å². The molecule has 1 saturated heterocycles. The summed E-state index contributed by atoms with van der Waals surface area (Å²) in [7, 11) is 2.09. The Kier molecular flexibility index (Phi) is 4.30. The van der Waals surface area contributed by atoms with Crippen molar-refractivity contribution in [3.05, 3.63) is 16.4 Å². The highest BCUT2D eigenvalue weighted by molar-refractivity contribution is 9.10. The van der Waals surface area contributed by atoms with E-state index in [-0.39, 0.29) is 15.7 Å². The van der Waals surface area contributed by atoms with Gasteiger partial charge in [0.2, 0.25) is 0 Å². The van der Waals surface area contributed by atoms with Crippen molar-refractivity contribution in [1.29, 1.82) is 0 Å². The van der Waals surface area contributed by atoms with Gasteiger partial charge in [-0.3, -0.25) is 0 Å². The molecule has 0 amide bonds. The molecule has 1 aliphatic heterocycles. The summed E-state index contributed by atoms with van der Waals surface area (Å²) >= 11 is 3.18. The van der Waals surface area contributed by atoms with Crippen molar-refractivity contribution in [2.24, 2.45) is 0 Å². The number of halogens is 2. The van der Waals surface area contributed by atoms with E-state index in [0.29, 0.717) is 5.75 Å². The maximum Gasteiger partial charge on any atom is 0.501 e. The molecule has 0 N–H and O–H groups in total. The van der Waals surface area contributed by atoms with Crippen LogP contribution in [0.4, 0.5) is 4.39 Å². The van der Waals surface area contributed by atoms with Crippen molar-refractivity contribution >= 4 is 28.5 Å². The molecule has 0 aromatic heterocycles. The first-order valence-corrected chi connectivity index (χ1v) is 7.39. The Balaban J connectivity index is 2.57. The van der Waals surface area contributed by atoms with Crippen LogP contribution in [0.2, 0.25) is 0 Å². The molecule has 0 unspecified atom stereocenters. The summed E-state index contributed by atoms with van der Waals surface area (Å²) in [4.78, 5) is 0. The zero-order valence-electron chi connectivity index (χ0n) is 13.0. The molecule has 116 valence electrons. The molecule has 1 aromatic rings. The second-order valence-corrected chi connectivity index (χ2v) is 6.76. The fourth-order valence-corrected chi connectivity index (χ4v) is 2.56. The Morgan fingerprint density at radius 1 is 1.10 bits per heavy atom. The molecule has 1 fully saturated rings. The van der Waals surface area contributed by atoms with E-state index >= 15 is 0 Å². The Hall–Kier alpha value is -0.785. The highest BCUT2D eigenvalue weighted by Crippen LogP contribution is 2.39. The fourth-order valence-electron chi connectivity index (χ4n) is 2.14. The summed E-state index contributed by atoms with van der Waals surface area (Å²) < 4.78 is 37.2. The van der Waals surface area contributed by atoms with Crippen molar-refractivity contribution in [2.75, 3.05) is 14.2 Å². The van der Waals surface area contributed by atoms with Gasteiger partial charge < -0.3 is 18.8 Å². The standard InChI is InChI=1S/C14H19BBrFO4/c1-13(2)14(3,4)21-15(20-13)10-11(17)8(16)7-9(18-5)12(10)19-6/h7H,1-6H3. The smallest absolute Gasteiger partial charge is 0.493 e. The van der Waals surface area contributed by atoms with Gasteiger partial charge in [-0.15, -0.1) is 0 Å². The van der Waals surface area contributed by atoms with Gasteiger partial charge in [0.1, 0.15) is 5.82 Å². The van der Waals surface area contributed by atoms with Gasteiger partial charge in [-0.1, -0.05) is 0 Å². The molecule has 1 heterocycles. The predicted octanol–water partition coefficient (Wildman–Crippen LogP) is 2.90. The van der Waals surface area contributed by atoms with E-state index < -0.39 is 24.1 Å². The molecular weight excluding hydrogens is 342 g/mol. The molecule has 1 aromatic carbocycles. The molecule has 0 aliphatic carbocycles. The third kappa shape index (κ3) is 2.67. The van der Waals surface area contributed by atoms with E-state index in [1.54, 1.807) is 0 Å². The first-order chi connectivity index (χ1) is 9.64. The molecule has 0 saturated carbocycles.